The summed E-state index contributed by atoms with van der Waals surface area (Å²) >= 11 is 0. The first-order valence-corrected chi connectivity index (χ1v) is 4.53. The number of nitrogen functional groups attached to an aromatic ring is 1. The van der Waals surface area contributed by atoms with Crippen LogP contribution in [0.5, 0.6) is 11.5 Å². The molecular formula is C12H10FNO. The Hall–Kier alpha value is -2.03. The maximum Gasteiger partial charge on any atom is 0.150 e. The summed E-state index contributed by atoms with van der Waals surface area (Å²) in [4.78, 5) is 0. The minimum atomic E-state index is -0.289. The van der Waals surface area contributed by atoms with Crippen LogP contribution >= 0.6 is 0 Å². The largest absolute Gasteiger partial charge is 0.455 e. The summed E-state index contributed by atoms with van der Waals surface area (Å²) in [6.45, 7) is 0. The summed E-state index contributed by atoms with van der Waals surface area (Å²) in [5.74, 6) is 0.849. The van der Waals surface area contributed by atoms with Gasteiger partial charge >= 0.3 is 0 Å². The van der Waals surface area contributed by atoms with Crippen molar-refractivity contribution in [2.75, 3.05) is 5.73 Å². The van der Waals surface area contributed by atoms with E-state index in [4.69, 9.17) is 10.5 Å². The van der Waals surface area contributed by atoms with Gasteiger partial charge in [0.25, 0.3) is 0 Å². The van der Waals surface area contributed by atoms with Gasteiger partial charge in [0.15, 0.2) is 0 Å². The van der Waals surface area contributed by atoms with Gasteiger partial charge in [-0.25, -0.2) is 4.39 Å². The van der Waals surface area contributed by atoms with Gasteiger partial charge in [0, 0.05) is 0 Å². The smallest absolute Gasteiger partial charge is 0.150 e. The molecule has 0 atom stereocenters. The maximum atomic E-state index is 12.6. The molecule has 0 aliphatic rings. The summed E-state index contributed by atoms with van der Waals surface area (Å²) in [6, 6.07) is 13.0. The third-order valence-corrected chi connectivity index (χ3v) is 1.96. The first kappa shape index (κ1) is 9.52. The lowest BCUT2D eigenvalue weighted by Crippen LogP contribution is -1.91. The van der Waals surface area contributed by atoms with Crippen molar-refractivity contribution < 1.29 is 9.13 Å². The number of hydrogen-bond acceptors (Lipinski definition) is 2. The number of para-hydroxylation sites is 2. The Balaban J connectivity index is 2.22. The lowest BCUT2D eigenvalue weighted by Gasteiger charge is -2.07. The maximum absolute atomic E-state index is 12.6. The molecular weight excluding hydrogens is 193 g/mol. The Morgan fingerprint density at radius 3 is 2.27 bits per heavy atom. The van der Waals surface area contributed by atoms with Crippen LogP contribution in [-0.2, 0) is 0 Å². The quantitative estimate of drug-likeness (QED) is 0.760. The fourth-order valence-electron chi connectivity index (χ4n) is 1.20. The van der Waals surface area contributed by atoms with Gasteiger partial charge in [-0.05, 0) is 36.4 Å². The second kappa shape index (κ2) is 4.00. The molecule has 2 nitrogen and oxygen atoms in total. The molecule has 0 saturated carbocycles. The summed E-state index contributed by atoms with van der Waals surface area (Å²) in [5, 5.41) is 0. The Bertz CT molecular complexity index is 453. The highest BCUT2D eigenvalue weighted by Gasteiger charge is 2.00. The zero-order valence-electron chi connectivity index (χ0n) is 7.98. The first-order valence-electron chi connectivity index (χ1n) is 4.53. The van der Waals surface area contributed by atoms with Crippen LogP contribution < -0.4 is 10.5 Å². The molecule has 2 aromatic carbocycles. The van der Waals surface area contributed by atoms with Gasteiger partial charge < -0.3 is 10.5 Å². The van der Waals surface area contributed by atoms with Gasteiger partial charge in [-0.2, -0.15) is 0 Å². The van der Waals surface area contributed by atoms with Crippen LogP contribution in [0.15, 0.2) is 48.5 Å². The van der Waals surface area contributed by atoms with Gasteiger partial charge in [0.1, 0.15) is 17.3 Å². The zero-order valence-corrected chi connectivity index (χ0v) is 7.98. The highest BCUT2D eigenvalue weighted by atomic mass is 19.1. The molecule has 0 fully saturated rings. The second-order valence-corrected chi connectivity index (χ2v) is 3.09. The lowest BCUT2D eigenvalue weighted by molar-refractivity contribution is 0.483. The Morgan fingerprint density at radius 1 is 0.933 bits per heavy atom. The average Bonchev–Trinajstić information content (AvgIpc) is 2.25. The molecule has 2 aromatic rings. The molecule has 0 radical (unpaired) electrons. The van der Waals surface area contributed by atoms with Gasteiger partial charge in [-0.1, -0.05) is 12.1 Å². The topological polar surface area (TPSA) is 35.2 Å². The minimum absolute atomic E-state index is 0.289. The molecule has 76 valence electrons. The van der Waals surface area contributed by atoms with E-state index in [2.05, 4.69) is 0 Å². The first-order chi connectivity index (χ1) is 7.25. The van der Waals surface area contributed by atoms with E-state index in [1.54, 1.807) is 24.3 Å². The van der Waals surface area contributed by atoms with Crippen molar-refractivity contribution in [2.24, 2.45) is 0 Å². The average molecular weight is 203 g/mol. The predicted molar refractivity (Wildman–Crippen MR) is 57.3 cm³/mol. The Kier molecular flexibility index (Phi) is 2.54. The van der Waals surface area contributed by atoms with Crippen LogP contribution in [0.25, 0.3) is 0 Å². The van der Waals surface area contributed by atoms with E-state index in [0.717, 1.165) is 0 Å². The minimum Gasteiger partial charge on any atom is -0.455 e. The molecule has 0 unspecified atom stereocenters. The van der Waals surface area contributed by atoms with Crippen LogP contribution in [0.4, 0.5) is 10.1 Å². The molecule has 0 aliphatic carbocycles. The number of anilines is 1. The summed E-state index contributed by atoms with van der Waals surface area (Å²) in [6.07, 6.45) is 0. The van der Waals surface area contributed by atoms with E-state index in [-0.39, 0.29) is 5.82 Å². The molecule has 0 spiro atoms. The van der Waals surface area contributed by atoms with Crippen LogP contribution in [0.2, 0.25) is 0 Å². The number of rotatable bonds is 2. The molecule has 0 aromatic heterocycles. The molecule has 0 heterocycles. The second-order valence-electron chi connectivity index (χ2n) is 3.09. The third-order valence-electron chi connectivity index (χ3n) is 1.96. The van der Waals surface area contributed by atoms with E-state index < -0.39 is 0 Å². The molecule has 0 saturated heterocycles. The van der Waals surface area contributed by atoms with Crippen molar-refractivity contribution in [1.82, 2.24) is 0 Å². The normalized spacial score (nSPS) is 9.93. The number of halogens is 1. The van der Waals surface area contributed by atoms with Crippen molar-refractivity contribution in [1.29, 1.82) is 0 Å². The van der Waals surface area contributed by atoms with Crippen LogP contribution in [0.1, 0.15) is 0 Å². The molecule has 0 amide bonds. The summed E-state index contributed by atoms with van der Waals surface area (Å²) < 4.78 is 18.1. The van der Waals surface area contributed by atoms with Crippen LogP contribution in [0, 0.1) is 5.82 Å². The molecule has 2 N–H and O–H groups in total. The van der Waals surface area contributed by atoms with E-state index >= 15 is 0 Å². The standard InChI is InChI=1S/C12H10FNO/c13-9-5-7-10(8-6-9)15-12-4-2-1-3-11(12)14/h1-8H,14H2. The van der Waals surface area contributed by atoms with Crippen molar-refractivity contribution >= 4 is 5.69 Å². The number of nitrogens with two attached hydrogens (primary N) is 1. The van der Waals surface area contributed by atoms with Gasteiger partial charge in [-0.3, -0.25) is 0 Å². The number of ether oxygens (including phenoxy) is 1. The van der Waals surface area contributed by atoms with Gasteiger partial charge in [0.05, 0.1) is 5.69 Å². The van der Waals surface area contributed by atoms with E-state index in [1.807, 2.05) is 12.1 Å². The summed E-state index contributed by atoms with van der Waals surface area (Å²) in [5.41, 5.74) is 6.26. The predicted octanol–water partition coefficient (Wildman–Crippen LogP) is 3.20. The van der Waals surface area contributed by atoms with Crippen LogP contribution in [-0.4, -0.2) is 0 Å². The highest BCUT2D eigenvalue weighted by molar-refractivity contribution is 5.53. The van der Waals surface area contributed by atoms with Crippen molar-refractivity contribution in [3.8, 4) is 11.5 Å². The lowest BCUT2D eigenvalue weighted by atomic mass is 10.3. The molecule has 0 bridgehead atoms. The monoisotopic (exact) mass is 203 g/mol. The van der Waals surface area contributed by atoms with Crippen molar-refractivity contribution in [3.05, 3.63) is 54.3 Å². The van der Waals surface area contributed by atoms with E-state index in [9.17, 15) is 4.39 Å². The fourth-order valence-corrected chi connectivity index (χ4v) is 1.20. The summed E-state index contributed by atoms with van der Waals surface area (Å²) in [7, 11) is 0. The van der Waals surface area contributed by atoms with Gasteiger partial charge in [-0.15, -0.1) is 0 Å². The molecule has 15 heavy (non-hydrogen) atoms. The van der Waals surface area contributed by atoms with E-state index in [1.165, 1.54) is 12.1 Å². The van der Waals surface area contributed by atoms with Crippen LogP contribution in [0.3, 0.4) is 0 Å². The number of benzene rings is 2. The molecule has 3 heteroatoms. The van der Waals surface area contributed by atoms with E-state index in [0.29, 0.717) is 17.2 Å². The fraction of sp³-hybridized carbons (Fsp3) is 0. The Labute approximate surface area is 87.1 Å². The zero-order chi connectivity index (χ0) is 10.7. The highest BCUT2D eigenvalue weighted by Crippen LogP contribution is 2.26. The molecule has 0 aliphatic heterocycles. The number of hydrogen-bond donors (Lipinski definition) is 1. The van der Waals surface area contributed by atoms with Gasteiger partial charge in [0.2, 0.25) is 0 Å². The third kappa shape index (κ3) is 2.26. The van der Waals surface area contributed by atoms with Crippen molar-refractivity contribution in [2.45, 2.75) is 0 Å². The Morgan fingerprint density at radius 2 is 1.60 bits per heavy atom. The van der Waals surface area contributed by atoms with Crippen molar-refractivity contribution in [3.63, 3.8) is 0 Å². The SMILES string of the molecule is Nc1ccccc1Oc1ccc(F)cc1. The molecule has 2 rings (SSSR count).